The van der Waals surface area contributed by atoms with Crippen LogP contribution in [0.25, 0.3) is 0 Å². The number of hydrogen-bond donors (Lipinski definition) is 3. The van der Waals surface area contributed by atoms with Gasteiger partial charge in [-0.05, 0) is 42.3 Å². The summed E-state index contributed by atoms with van der Waals surface area (Å²) in [7, 11) is 3.00. The summed E-state index contributed by atoms with van der Waals surface area (Å²) in [6.07, 6.45) is 0. The number of methoxy groups -OCH3 is 2. The lowest BCUT2D eigenvalue weighted by molar-refractivity contribution is -0.119. The summed E-state index contributed by atoms with van der Waals surface area (Å²) in [6, 6.07) is 10.9. The van der Waals surface area contributed by atoms with Crippen molar-refractivity contribution in [2.24, 2.45) is 11.8 Å². The number of anilines is 2. The lowest BCUT2D eigenvalue weighted by atomic mass is 10.0. The first kappa shape index (κ1) is 24.7. The SMILES string of the molecule is COc1cc(OC)cc(C(=O)N[C@H](C(=O)Nc2ccc(NC(=O)C(C)C)cc2)C(C)C)c1. The van der Waals surface area contributed by atoms with Gasteiger partial charge in [0.15, 0.2) is 0 Å². The van der Waals surface area contributed by atoms with Crippen LogP contribution in [0.5, 0.6) is 11.5 Å². The number of carbonyl (C=O) groups is 3. The van der Waals surface area contributed by atoms with Gasteiger partial charge in [0.1, 0.15) is 17.5 Å². The molecule has 0 heterocycles. The van der Waals surface area contributed by atoms with Gasteiger partial charge in [0.05, 0.1) is 14.2 Å². The van der Waals surface area contributed by atoms with E-state index in [0.29, 0.717) is 28.4 Å². The molecule has 2 rings (SSSR count). The van der Waals surface area contributed by atoms with Crippen LogP contribution in [0.2, 0.25) is 0 Å². The molecule has 0 aliphatic carbocycles. The van der Waals surface area contributed by atoms with Gasteiger partial charge in [-0.15, -0.1) is 0 Å². The molecular weight excluding hydrogens is 410 g/mol. The molecule has 0 unspecified atom stereocenters. The van der Waals surface area contributed by atoms with Crippen LogP contribution < -0.4 is 25.4 Å². The van der Waals surface area contributed by atoms with E-state index in [1.807, 2.05) is 27.7 Å². The van der Waals surface area contributed by atoms with Gasteiger partial charge in [0.2, 0.25) is 11.8 Å². The van der Waals surface area contributed by atoms with Gasteiger partial charge in [-0.25, -0.2) is 0 Å². The van der Waals surface area contributed by atoms with Crippen LogP contribution in [-0.4, -0.2) is 38.0 Å². The normalized spacial score (nSPS) is 11.6. The molecule has 3 N–H and O–H groups in total. The van der Waals surface area contributed by atoms with Gasteiger partial charge in [0, 0.05) is 28.9 Å². The molecule has 32 heavy (non-hydrogen) atoms. The third-order valence-corrected chi connectivity index (χ3v) is 4.79. The summed E-state index contributed by atoms with van der Waals surface area (Å²) in [5.41, 5.74) is 1.52. The Bertz CT molecular complexity index is 932. The molecule has 0 aliphatic rings. The molecule has 0 saturated heterocycles. The molecule has 2 aromatic rings. The quantitative estimate of drug-likeness (QED) is 0.550. The summed E-state index contributed by atoms with van der Waals surface area (Å²) < 4.78 is 10.4. The second-order valence-corrected chi connectivity index (χ2v) is 8.01. The Kier molecular flexibility index (Phi) is 8.63. The molecule has 8 nitrogen and oxygen atoms in total. The second kappa shape index (κ2) is 11.2. The summed E-state index contributed by atoms with van der Waals surface area (Å²) in [5, 5.41) is 8.40. The number of rotatable bonds is 9. The van der Waals surface area contributed by atoms with Gasteiger partial charge in [-0.1, -0.05) is 27.7 Å². The molecule has 0 aliphatic heterocycles. The maximum atomic E-state index is 12.9. The zero-order valence-electron chi connectivity index (χ0n) is 19.3. The first-order valence-corrected chi connectivity index (χ1v) is 10.4. The molecule has 8 heteroatoms. The molecule has 0 bridgehead atoms. The van der Waals surface area contributed by atoms with Crippen LogP contribution in [0.15, 0.2) is 42.5 Å². The van der Waals surface area contributed by atoms with E-state index in [0.717, 1.165) is 0 Å². The van der Waals surface area contributed by atoms with Gasteiger partial charge in [-0.3, -0.25) is 14.4 Å². The number of amides is 3. The largest absolute Gasteiger partial charge is 0.497 e. The molecule has 0 radical (unpaired) electrons. The number of hydrogen-bond acceptors (Lipinski definition) is 5. The number of nitrogens with one attached hydrogen (secondary N) is 3. The molecule has 172 valence electrons. The molecule has 0 fully saturated rings. The minimum Gasteiger partial charge on any atom is -0.497 e. The van der Waals surface area contributed by atoms with Gasteiger partial charge < -0.3 is 25.4 Å². The average molecular weight is 442 g/mol. The van der Waals surface area contributed by atoms with Crippen molar-refractivity contribution < 1.29 is 23.9 Å². The van der Waals surface area contributed by atoms with Crippen molar-refractivity contribution in [1.82, 2.24) is 5.32 Å². The molecule has 0 saturated carbocycles. The van der Waals surface area contributed by atoms with Crippen molar-refractivity contribution in [3.8, 4) is 11.5 Å². The van der Waals surface area contributed by atoms with Crippen molar-refractivity contribution in [3.05, 3.63) is 48.0 Å². The first-order chi connectivity index (χ1) is 15.1. The van der Waals surface area contributed by atoms with Crippen LogP contribution in [-0.2, 0) is 9.59 Å². The van der Waals surface area contributed by atoms with E-state index in [1.54, 1.807) is 42.5 Å². The van der Waals surface area contributed by atoms with E-state index in [1.165, 1.54) is 14.2 Å². The highest BCUT2D eigenvalue weighted by atomic mass is 16.5. The molecule has 3 amide bonds. The van der Waals surface area contributed by atoms with Crippen LogP contribution >= 0.6 is 0 Å². The monoisotopic (exact) mass is 441 g/mol. The highest BCUT2D eigenvalue weighted by Gasteiger charge is 2.25. The molecule has 1 atom stereocenters. The van der Waals surface area contributed by atoms with Gasteiger partial charge in [-0.2, -0.15) is 0 Å². The summed E-state index contributed by atoms with van der Waals surface area (Å²) in [4.78, 5) is 37.5. The standard InChI is InChI=1S/C24H31N3O5/c1-14(2)21(27-23(29)16-11-19(31-5)13-20(12-16)32-6)24(30)26-18-9-7-17(8-10-18)25-22(28)15(3)4/h7-15,21H,1-6H3,(H,25,28)(H,26,30)(H,27,29)/t21-/m0/s1. The number of carbonyl (C=O) groups excluding carboxylic acids is 3. The fraction of sp³-hybridized carbons (Fsp3) is 0.375. The Morgan fingerprint density at radius 1 is 0.750 bits per heavy atom. The van der Waals surface area contributed by atoms with Crippen LogP contribution in [0.4, 0.5) is 11.4 Å². The lowest BCUT2D eigenvalue weighted by Crippen LogP contribution is -2.47. The lowest BCUT2D eigenvalue weighted by Gasteiger charge is -2.22. The Morgan fingerprint density at radius 3 is 1.62 bits per heavy atom. The zero-order chi connectivity index (χ0) is 23.8. The summed E-state index contributed by atoms with van der Waals surface area (Å²) in [6.45, 7) is 7.32. The fourth-order valence-corrected chi connectivity index (χ4v) is 2.84. The highest BCUT2D eigenvalue weighted by molar-refractivity contribution is 6.02. The third kappa shape index (κ3) is 6.73. The smallest absolute Gasteiger partial charge is 0.252 e. The van der Waals surface area contributed by atoms with E-state index in [4.69, 9.17) is 9.47 Å². The Morgan fingerprint density at radius 2 is 1.22 bits per heavy atom. The van der Waals surface area contributed by atoms with Crippen LogP contribution in [0.3, 0.4) is 0 Å². The van der Waals surface area contributed by atoms with Gasteiger partial charge in [0.25, 0.3) is 5.91 Å². The topological polar surface area (TPSA) is 106 Å². The van der Waals surface area contributed by atoms with E-state index >= 15 is 0 Å². The number of benzene rings is 2. The fourth-order valence-electron chi connectivity index (χ4n) is 2.84. The Balaban J connectivity index is 2.10. The van der Waals surface area contributed by atoms with Crippen molar-refractivity contribution in [1.29, 1.82) is 0 Å². The third-order valence-electron chi connectivity index (χ3n) is 4.79. The molecule has 0 aromatic heterocycles. The number of ether oxygens (including phenoxy) is 2. The van der Waals surface area contributed by atoms with Crippen LogP contribution in [0, 0.1) is 11.8 Å². The van der Waals surface area contributed by atoms with Crippen molar-refractivity contribution in [3.63, 3.8) is 0 Å². The van der Waals surface area contributed by atoms with Crippen molar-refractivity contribution in [2.45, 2.75) is 33.7 Å². The van der Waals surface area contributed by atoms with E-state index < -0.39 is 11.9 Å². The first-order valence-electron chi connectivity index (χ1n) is 10.4. The Hall–Kier alpha value is -3.55. The Labute approximate surface area is 188 Å². The minimum atomic E-state index is -0.764. The molecular formula is C24H31N3O5. The second-order valence-electron chi connectivity index (χ2n) is 8.01. The zero-order valence-corrected chi connectivity index (χ0v) is 19.3. The van der Waals surface area contributed by atoms with E-state index in [2.05, 4.69) is 16.0 Å². The summed E-state index contributed by atoms with van der Waals surface area (Å²) >= 11 is 0. The summed E-state index contributed by atoms with van der Waals surface area (Å²) in [5.74, 6) is -0.177. The maximum absolute atomic E-state index is 12.9. The molecule has 0 spiro atoms. The minimum absolute atomic E-state index is 0.0847. The van der Waals surface area contributed by atoms with Crippen molar-refractivity contribution >= 4 is 29.1 Å². The highest BCUT2D eigenvalue weighted by Crippen LogP contribution is 2.23. The molecule has 2 aromatic carbocycles. The van der Waals surface area contributed by atoms with Crippen LogP contribution in [0.1, 0.15) is 38.1 Å². The predicted molar refractivity (Wildman–Crippen MR) is 124 cm³/mol. The van der Waals surface area contributed by atoms with E-state index in [-0.39, 0.29) is 23.7 Å². The maximum Gasteiger partial charge on any atom is 0.252 e. The van der Waals surface area contributed by atoms with Gasteiger partial charge >= 0.3 is 0 Å². The van der Waals surface area contributed by atoms with Crippen molar-refractivity contribution in [2.75, 3.05) is 24.9 Å². The predicted octanol–water partition coefficient (Wildman–Crippen LogP) is 3.69. The average Bonchev–Trinajstić information content (AvgIpc) is 2.77. The van der Waals surface area contributed by atoms with E-state index in [9.17, 15) is 14.4 Å².